The molecule has 2 aromatic rings. The van der Waals surface area contributed by atoms with Crippen LogP contribution in [-0.4, -0.2) is 33.3 Å². The zero-order valence-electron chi connectivity index (χ0n) is 15.8. The summed E-state index contributed by atoms with van der Waals surface area (Å²) in [6.07, 6.45) is 4.08. The predicted molar refractivity (Wildman–Crippen MR) is 97.7 cm³/mol. The number of piperidine rings is 1. The molecular weight excluding hydrogens is 330 g/mol. The van der Waals surface area contributed by atoms with Crippen LogP contribution in [0.25, 0.3) is 0 Å². The quantitative estimate of drug-likeness (QED) is 0.815. The molecule has 0 spiro atoms. The highest BCUT2D eigenvalue weighted by molar-refractivity contribution is 5.68. The summed E-state index contributed by atoms with van der Waals surface area (Å²) in [6.45, 7) is 6.27. The van der Waals surface area contributed by atoms with Gasteiger partial charge in [0, 0.05) is 13.0 Å². The summed E-state index contributed by atoms with van der Waals surface area (Å²) in [4.78, 5) is 18.8. The molecule has 1 aromatic heterocycles. The molecule has 6 nitrogen and oxygen atoms in total. The van der Waals surface area contributed by atoms with Crippen LogP contribution in [0, 0.1) is 0 Å². The molecule has 0 saturated carbocycles. The van der Waals surface area contributed by atoms with E-state index in [-0.39, 0.29) is 12.1 Å². The number of rotatable bonds is 4. The summed E-state index contributed by atoms with van der Waals surface area (Å²) >= 11 is 0. The van der Waals surface area contributed by atoms with Gasteiger partial charge in [-0.25, -0.2) is 4.79 Å². The van der Waals surface area contributed by atoms with Crippen LogP contribution >= 0.6 is 0 Å². The van der Waals surface area contributed by atoms with E-state index >= 15 is 0 Å². The zero-order valence-corrected chi connectivity index (χ0v) is 15.8. The molecule has 1 aromatic carbocycles. The summed E-state index contributed by atoms with van der Waals surface area (Å²) in [5.74, 6) is 1.19. The Morgan fingerprint density at radius 2 is 2.00 bits per heavy atom. The van der Waals surface area contributed by atoms with Gasteiger partial charge in [0.15, 0.2) is 5.82 Å². The molecule has 0 aliphatic carbocycles. The number of aryl methyl sites for hydroxylation is 2. The van der Waals surface area contributed by atoms with Crippen LogP contribution in [0.15, 0.2) is 34.9 Å². The van der Waals surface area contributed by atoms with Gasteiger partial charge in [0.2, 0.25) is 5.89 Å². The van der Waals surface area contributed by atoms with Gasteiger partial charge in [-0.05, 0) is 52.0 Å². The second kappa shape index (κ2) is 7.89. The maximum atomic E-state index is 12.5. The number of carbonyl (C=O) groups excluding carboxylic acids is 1. The number of nitrogens with zero attached hydrogens (tertiary/aromatic N) is 3. The fourth-order valence-electron chi connectivity index (χ4n) is 3.13. The Kier molecular flexibility index (Phi) is 5.59. The second-order valence-corrected chi connectivity index (χ2v) is 7.72. The van der Waals surface area contributed by atoms with Crippen LogP contribution < -0.4 is 0 Å². The molecule has 1 amide bonds. The Balaban J connectivity index is 1.66. The number of amides is 1. The van der Waals surface area contributed by atoms with Crippen molar-refractivity contribution in [2.45, 2.75) is 64.5 Å². The highest BCUT2D eigenvalue weighted by atomic mass is 16.6. The summed E-state index contributed by atoms with van der Waals surface area (Å²) in [6, 6.07) is 10.0. The first kappa shape index (κ1) is 18.4. The van der Waals surface area contributed by atoms with E-state index in [1.807, 2.05) is 39.0 Å². The van der Waals surface area contributed by atoms with E-state index < -0.39 is 5.60 Å². The monoisotopic (exact) mass is 357 g/mol. The lowest BCUT2D eigenvalue weighted by Gasteiger charge is -2.34. The van der Waals surface area contributed by atoms with Crippen LogP contribution in [0.1, 0.15) is 63.4 Å². The maximum Gasteiger partial charge on any atom is 0.410 e. The van der Waals surface area contributed by atoms with Gasteiger partial charge in [-0.2, -0.15) is 4.98 Å². The van der Waals surface area contributed by atoms with Crippen molar-refractivity contribution in [2.24, 2.45) is 0 Å². The summed E-state index contributed by atoms with van der Waals surface area (Å²) < 4.78 is 11.0. The minimum absolute atomic E-state index is 0.198. The highest BCUT2D eigenvalue weighted by Gasteiger charge is 2.34. The zero-order chi connectivity index (χ0) is 18.6. The van der Waals surface area contributed by atoms with Gasteiger partial charge in [-0.3, -0.25) is 4.90 Å². The Morgan fingerprint density at radius 1 is 1.23 bits per heavy atom. The average molecular weight is 357 g/mol. The first-order chi connectivity index (χ1) is 12.4. The normalized spacial score (nSPS) is 18.0. The Labute approximate surface area is 154 Å². The number of aromatic nitrogens is 2. The number of ether oxygens (including phenoxy) is 1. The molecule has 0 bridgehead atoms. The number of hydrogen-bond donors (Lipinski definition) is 0. The van der Waals surface area contributed by atoms with E-state index in [1.54, 1.807) is 4.90 Å². The maximum absolute atomic E-state index is 12.5. The van der Waals surface area contributed by atoms with Crippen molar-refractivity contribution in [3.8, 4) is 0 Å². The lowest BCUT2D eigenvalue weighted by molar-refractivity contribution is 0.00538. The molecule has 0 radical (unpaired) electrons. The van der Waals surface area contributed by atoms with Gasteiger partial charge in [0.05, 0.1) is 0 Å². The minimum Gasteiger partial charge on any atom is -0.444 e. The Bertz CT molecular complexity index is 721. The van der Waals surface area contributed by atoms with Crippen molar-refractivity contribution in [3.05, 3.63) is 47.6 Å². The van der Waals surface area contributed by atoms with Crippen molar-refractivity contribution in [3.63, 3.8) is 0 Å². The fraction of sp³-hybridized carbons (Fsp3) is 0.550. The number of carbonyl (C=O) groups is 1. The van der Waals surface area contributed by atoms with Crippen LogP contribution in [0.4, 0.5) is 4.79 Å². The van der Waals surface area contributed by atoms with E-state index in [1.165, 1.54) is 5.56 Å². The Morgan fingerprint density at radius 3 is 2.73 bits per heavy atom. The van der Waals surface area contributed by atoms with E-state index in [0.717, 1.165) is 25.7 Å². The molecule has 0 N–H and O–H groups in total. The molecule has 1 aliphatic heterocycles. The van der Waals surface area contributed by atoms with E-state index in [0.29, 0.717) is 24.7 Å². The second-order valence-electron chi connectivity index (χ2n) is 7.72. The molecular formula is C20H27N3O3. The van der Waals surface area contributed by atoms with Gasteiger partial charge in [0.25, 0.3) is 0 Å². The van der Waals surface area contributed by atoms with Crippen molar-refractivity contribution in [1.82, 2.24) is 15.0 Å². The first-order valence-electron chi connectivity index (χ1n) is 9.28. The van der Waals surface area contributed by atoms with Crippen LogP contribution in [-0.2, 0) is 17.6 Å². The largest absolute Gasteiger partial charge is 0.444 e. The topological polar surface area (TPSA) is 68.5 Å². The minimum atomic E-state index is -0.519. The highest BCUT2D eigenvalue weighted by Crippen LogP contribution is 2.31. The van der Waals surface area contributed by atoms with Crippen LogP contribution in [0.3, 0.4) is 0 Å². The number of benzene rings is 1. The molecule has 26 heavy (non-hydrogen) atoms. The van der Waals surface area contributed by atoms with Gasteiger partial charge >= 0.3 is 6.09 Å². The van der Waals surface area contributed by atoms with Crippen molar-refractivity contribution >= 4 is 6.09 Å². The van der Waals surface area contributed by atoms with Gasteiger partial charge < -0.3 is 9.26 Å². The smallest absolute Gasteiger partial charge is 0.410 e. The molecule has 0 unspecified atom stereocenters. The summed E-state index contributed by atoms with van der Waals surface area (Å²) in [5, 5.41) is 4.11. The average Bonchev–Trinajstić information content (AvgIpc) is 3.08. The van der Waals surface area contributed by atoms with E-state index in [2.05, 4.69) is 22.3 Å². The van der Waals surface area contributed by atoms with Crippen molar-refractivity contribution in [1.29, 1.82) is 0 Å². The molecule has 1 aliphatic rings. The molecule has 6 heteroatoms. The van der Waals surface area contributed by atoms with Crippen LogP contribution in [0.5, 0.6) is 0 Å². The van der Waals surface area contributed by atoms with Crippen molar-refractivity contribution < 1.29 is 14.1 Å². The summed E-state index contributed by atoms with van der Waals surface area (Å²) in [5.41, 5.74) is 0.723. The Hall–Kier alpha value is -2.37. The molecule has 3 rings (SSSR count). The summed E-state index contributed by atoms with van der Waals surface area (Å²) in [7, 11) is 0. The predicted octanol–water partition coefficient (Wildman–Crippen LogP) is 4.32. The van der Waals surface area contributed by atoms with E-state index in [9.17, 15) is 4.79 Å². The molecule has 1 saturated heterocycles. The van der Waals surface area contributed by atoms with Crippen molar-refractivity contribution in [2.75, 3.05) is 6.54 Å². The standard InChI is InChI=1S/C20H27N3O3/c1-20(2,3)25-19(24)23-14-8-7-11-16(23)18-21-17(22-26-18)13-12-15-9-5-4-6-10-15/h4-6,9-10,16H,7-8,11-14H2,1-3H3/t16-/m0/s1. The third-order valence-corrected chi connectivity index (χ3v) is 4.38. The van der Waals surface area contributed by atoms with Gasteiger partial charge in [-0.15, -0.1) is 0 Å². The molecule has 2 heterocycles. The van der Waals surface area contributed by atoms with Gasteiger partial charge in [0.1, 0.15) is 11.6 Å². The van der Waals surface area contributed by atoms with Gasteiger partial charge in [-0.1, -0.05) is 35.5 Å². The third-order valence-electron chi connectivity index (χ3n) is 4.38. The number of likely N-dealkylation sites (tertiary alicyclic amines) is 1. The molecule has 1 fully saturated rings. The SMILES string of the molecule is CC(C)(C)OC(=O)N1CCCC[C@H]1c1nc(CCc2ccccc2)no1. The lowest BCUT2D eigenvalue weighted by atomic mass is 10.0. The molecule has 1 atom stereocenters. The fourth-order valence-corrected chi connectivity index (χ4v) is 3.13. The lowest BCUT2D eigenvalue weighted by Crippen LogP contribution is -2.42. The molecule has 140 valence electrons. The number of hydrogen-bond acceptors (Lipinski definition) is 5. The third kappa shape index (κ3) is 4.84. The van der Waals surface area contributed by atoms with E-state index in [4.69, 9.17) is 9.26 Å². The first-order valence-corrected chi connectivity index (χ1v) is 9.28. The van der Waals surface area contributed by atoms with Crippen LogP contribution in [0.2, 0.25) is 0 Å².